The molecule has 7 saturated heterocycles. The minimum atomic E-state index is -2.03. The van der Waals surface area contributed by atoms with Crippen molar-refractivity contribution in [1.29, 1.82) is 0 Å². The SMILES string of the molecule is CO[C@@H]1[C@@H](OC)[C@H](C)[C@@](O)(CC(=O)O)O[C@H]1[C@H](C)[C@H]1O[C@@]2(CC[C@@](C)([C@H]3CC[C@@](C)([C@@H]4O[C@@H]([C@H]5O[C@](C)(O)[C@H](C)C[C@@H]5C)C[C@@H]4O[C@@H]4C[C@H](OC)[C@@H](OC)[C@H](C)O4)O3)O2)C[C@H](O)[C@H]1C. The number of carboxylic acids is 1. The van der Waals surface area contributed by atoms with Crippen LogP contribution in [-0.4, -0.2) is 169 Å². The fourth-order valence-electron chi connectivity index (χ4n) is 12.7. The molecule has 7 fully saturated rings. The van der Waals surface area contributed by atoms with E-state index in [0.717, 1.165) is 6.42 Å². The van der Waals surface area contributed by atoms with E-state index in [0.29, 0.717) is 38.5 Å². The summed E-state index contributed by atoms with van der Waals surface area (Å²) in [7, 11) is 6.37. The van der Waals surface area contributed by atoms with Crippen molar-refractivity contribution in [1.82, 2.24) is 0 Å². The van der Waals surface area contributed by atoms with Gasteiger partial charge in [0.05, 0.1) is 78.7 Å². The highest BCUT2D eigenvalue weighted by molar-refractivity contribution is 5.68. The van der Waals surface area contributed by atoms with Gasteiger partial charge in [0.15, 0.2) is 23.7 Å². The van der Waals surface area contributed by atoms with Crippen molar-refractivity contribution >= 4 is 5.97 Å². The number of hydrogen-bond acceptors (Lipinski definition) is 16. The summed E-state index contributed by atoms with van der Waals surface area (Å²) in [6.07, 6.45) is -3.18. The maximum Gasteiger partial charge on any atom is 0.308 e. The van der Waals surface area contributed by atoms with Gasteiger partial charge in [0.2, 0.25) is 0 Å². The minimum absolute atomic E-state index is 0.0406. The van der Waals surface area contributed by atoms with Gasteiger partial charge in [-0.1, -0.05) is 34.6 Å². The monoisotopic (exact) mass is 917 g/mol. The lowest BCUT2D eigenvalue weighted by atomic mass is 9.75. The molecule has 7 aliphatic rings. The summed E-state index contributed by atoms with van der Waals surface area (Å²) in [5.74, 6) is -7.18. The number of hydrogen-bond donors (Lipinski definition) is 4. The Morgan fingerprint density at radius 2 is 1.45 bits per heavy atom. The molecule has 0 radical (unpaired) electrons. The summed E-state index contributed by atoms with van der Waals surface area (Å²) in [5.41, 5.74) is -1.60. The van der Waals surface area contributed by atoms with E-state index in [9.17, 15) is 25.2 Å². The molecule has 17 heteroatoms. The second-order valence-electron chi connectivity index (χ2n) is 21.3. The maximum absolute atomic E-state index is 11.9. The summed E-state index contributed by atoms with van der Waals surface area (Å²) in [4.78, 5) is 11.9. The molecule has 24 atom stereocenters. The van der Waals surface area contributed by atoms with Crippen molar-refractivity contribution < 1.29 is 82.1 Å². The normalized spacial score (nSPS) is 54.1. The number of methoxy groups -OCH3 is 4. The number of carboxylic acid groups (broad SMARTS) is 1. The average Bonchev–Trinajstić information content (AvgIpc) is 3.94. The Balaban J connectivity index is 1.09. The van der Waals surface area contributed by atoms with E-state index in [2.05, 4.69) is 13.8 Å². The first-order valence-electron chi connectivity index (χ1n) is 23.8. The summed E-state index contributed by atoms with van der Waals surface area (Å²) in [6.45, 7) is 17.5. The molecule has 17 nitrogen and oxygen atoms in total. The molecule has 0 aromatic heterocycles. The third-order valence-electron chi connectivity index (χ3n) is 16.8. The average molecular weight is 917 g/mol. The smallest absolute Gasteiger partial charge is 0.308 e. The Morgan fingerprint density at radius 1 is 0.766 bits per heavy atom. The van der Waals surface area contributed by atoms with Gasteiger partial charge in [-0.3, -0.25) is 4.79 Å². The van der Waals surface area contributed by atoms with Crippen molar-refractivity contribution in [3.8, 4) is 0 Å². The van der Waals surface area contributed by atoms with Crippen molar-refractivity contribution in [3.63, 3.8) is 0 Å². The zero-order valence-corrected chi connectivity index (χ0v) is 40.4. The molecule has 0 aromatic rings. The van der Waals surface area contributed by atoms with Gasteiger partial charge in [-0.15, -0.1) is 0 Å². The summed E-state index contributed by atoms with van der Waals surface area (Å²) in [5, 5.41) is 44.3. The van der Waals surface area contributed by atoms with Gasteiger partial charge in [0.25, 0.3) is 0 Å². The first-order chi connectivity index (χ1) is 30.0. The Hall–Kier alpha value is -1.13. The second kappa shape index (κ2) is 19.0. The molecule has 7 heterocycles. The van der Waals surface area contributed by atoms with Crippen LogP contribution in [0.4, 0.5) is 0 Å². The van der Waals surface area contributed by atoms with E-state index >= 15 is 0 Å². The van der Waals surface area contributed by atoms with Crippen LogP contribution in [-0.2, 0) is 61.6 Å². The van der Waals surface area contributed by atoms with Crippen LogP contribution in [0.3, 0.4) is 0 Å². The van der Waals surface area contributed by atoms with Crippen molar-refractivity contribution in [3.05, 3.63) is 0 Å². The van der Waals surface area contributed by atoms with Gasteiger partial charge in [0.1, 0.15) is 18.3 Å². The van der Waals surface area contributed by atoms with Gasteiger partial charge in [-0.2, -0.15) is 0 Å². The van der Waals surface area contributed by atoms with Gasteiger partial charge < -0.3 is 77.3 Å². The lowest BCUT2D eigenvalue weighted by Gasteiger charge is -2.53. The van der Waals surface area contributed by atoms with Crippen LogP contribution in [0.5, 0.6) is 0 Å². The van der Waals surface area contributed by atoms with E-state index in [1.165, 1.54) is 14.2 Å². The number of aliphatic carboxylic acids is 1. The van der Waals surface area contributed by atoms with Crippen molar-refractivity contribution in [2.75, 3.05) is 28.4 Å². The minimum Gasteiger partial charge on any atom is -0.481 e. The maximum atomic E-state index is 11.9. The van der Waals surface area contributed by atoms with Crippen LogP contribution in [0.15, 0.2) is 0 Å². The van der Waals surface area contributed by atoms with Gasteiger partial charge in [-0.05, 0) is 59.3 Å². The highest BCUT2D eigenvalue weighted by Crippen LogP contribution is 2.55. The van der Waals surface area contributed by atoms with E-state index in [-0.39, 0.29) is 60.8 Å². The molecule has 0 aliphatic carbocycles. The molecule has 370 valence electrons. The van der Waals surface area contributed by atoms with Crippen LogP contribution in [0, 0.1) is 29.6 Å². The van der Waals surface area contributed by atoms with Gasteiger partial charge >= 0.3 is 5.97 Å². The topological polar surface area (TPSA) is 209 Å². The number of carbonyl (C=O) groups is 1. The molecule has 0 aromatic carbocycles. The van der Waals surface area contributed by atoms with Crippen LogP contribution in [0.1, 0.15) is 120 Å². The molecule has 0 unspecified atom stereocenters. The van der Waals surface area contributed by atoms with Crippen LogP contribution in [0.25, 0.3) is 0 Å². The Labute approximate surface area is 379 Å². The van der Waals surface area contributed by atoms with Crippen molar-refractivity contribution in [2.45, 2.75) is 234 Å². The van der Waals surface area contributed by atoms with Crippen LogP contribution >= 0.6 is 0 Å². The van der Waals surface area contributed by atoms with Gasteiger partial charge in [0, 0.05) is 77.8 Å². The van der Waals surface area contributed by atoms with E-state index in [1.807, 2.05) is 34.6 Å². The molecular weight excluding hydrogens is 836 g/mol. The molecule has 0 saturated carbocycles. The lowest BCUT2D eigenvalue weighted by Crippen LogP contribution is -2.65. The Bertz CT molecular complexity index is 1600. The predicted octanol–water partition coefficient (Wildman–Crippen LogP) is 4.32. The first kappa shape index (κ1) is 50.7. The molecule has 7 rings (SSSR count). The first-order valence-corrected chi connectivity index (χ1v) is 23.8. The van der Waals surface area contributed by atoms with E-state index in [4.69, 9.17) is 56.8 Å². The number of rotatable bonds is 13. The molecule has 4 N–H and O–H groups in total. The van der Waals surface area contributed by atoms with Crippen LogP contribution < -0.4 is 0 Å². The fourth-order valence-corrected chi connectivity index (χ4v) is 12.7. The zero-order chi connectivity index (χ0) is 46.9. The highest BCUT2D eigenvalue weighted by atomic mass is 16.7. The predicted molar refractivity (Wildman–Crippen MR) is 228 cm³/mol. The number of ether oxygens (including phenoxy) is 12. The third kappa shape index (κ3) is 9.46. The lowest BCUT2D eigenvalue weighted by molar-refractivity contribution is -0.365. The van der Waals surface area contributed by atoms with E-state index < -0.39 is 102 Å². The van der Waals surface area contributed by atoms with Crippen molar-refractivity contribution in [2.24, 2.45) is 29.6 Å². The Morgan fingerprint density at radius 3 is 2.09 bits per heavy atom. The molecule has 0 bridgehead atoms. The van der Waals surface area contributed by atoms with Crippen LogP contribution in [0.2, 0.25) is 0 Å². The number of aliphatic hydroxyl groups excluding tert-OH is 1. The summed E-state index contributed by atoms with van der Waals surface area (Å²) >= 11 is 0. The third-order valence-corrected chi connectivity index (χ3v) is 16.8. The fraction of sp³-hybridized carbons (Fsp3) is 0.979. The largest absolute Gasteiger partial charge is 0.481 e. The molecule has 7 aliphatic heterocycles. The summed E-state index contributed by atoms with van der Waals surface area (Å²) < 4.78 is 77.6. The molecule has 0 amide bonds. The zero-order valence-electron chi connectivity index (χ0n) is 40.4. The molecule has 1 spiro atoms. The highest BCUT2D eigenvalue weighted by Gasteiger charge is 2.64. The molecular formula is C47H80O17. The summed E-state index contributed by atoms with van der Waals surface area (Å²) in [6, 6.07) is 0. The van der Waals surface area contributed by atoms with Gasteiger partial charge in [-0.25, -0.2) is 0 Å². The number of aliphatic hydroxyl groups is 3. The standard InChI is InChI=1S/C47H80O17/c1-23-18-24(2)45(9,51)61-36(23)31-19-32(58-35-20-30(53-10)40(55-12)28(6)57-35)42(59-31)44(8)15-14-33(60-44)43(7)16-17-46(64-43)21-29(48)25(3)37(62-46)26(4)38-41(56-13)39(54-11)27(5)47(52,63-38)22-34(49)50/h23-33,35-42,48,51-52H,14-22H2,1-13H3,(H,49,50)/t23-,24+,25+,26+,27-,28-,29-,30-,31+,32-,33+,35+,36-,37-,38-,39-,40-,41-,42+,43-,44-,45-,46+,47+/m0/s1. The van der Waals surface area contributed by atoms with E-state index in [1.54, 1.807) is 28.1 Å². The second-order valence-corrected chi connectivity index (χ2v) is 21.3. The Kier molecular flexibility index (Phi) is 15.1. The quantitative estimate of drug-likeness (QED) is 0.203. The molecule has 64 heavy (non-hydrogen) atoms.